The zero-order valence-corrected chi connectivity index (χ0v) is 24.5. The van der Waals surface area contributed by atoms with Crippen LogP contribution < -0.4 is 16.0 Å². The summed E-state index contributed by atoms with van der Waals surface area (Å²) in [6.45, 7) is 0.909. The van der Waals surface area contributed by atoms with E-state index >= 15 is 0 Å². The summed E-state index contributed by atoms with van der Waals surface area (Å²) >= 11 is 0. The van der Waals surface area contributed by atoms with Gasteiger partial charge in [-0.15, -0.1) is 0 Å². The van der Waals surface area contributed by atoms with Gasteiger partial charge in [0, 0.05) is 48.5 Å². The van der Waals surface area contributed by atoms with Crippen LogP contribution in [0.3, 0.4) is 0 Å². The molecule has 0 saturated heterocycles. The van der Waals surface area contributed by atoms with Crippen molar-refractivity contribution in [3.8, 4) is 68.6 Å². The second-order valence-electron chi connectivity index (χ2n) is 10.5. The van der Waals surface area contributed by atoms with Gasteiger partial charge >= 0.3 is 0 Å². The number of aromatic hydroxyl groups is 8. The normalized spacial score (nSPS) is 12.3. The summed E-state index contributed by atoms with van der Waals surface area (Å²) in [4.78, 5) is 8.98. The van der Waals surface area contributed by atoms with Crippen molar-refractivity contribution in [2.45, 2.75) is 0 Å². The van der Waals surface area contributed by atoms with E-state index in [-0.39, 0.29) is 103 Å². The molecule has 0 bridgehead atoms. The molecule has 240 valence electrons. The van der Waals surface area contributed by atoms with E-state index in [1.54, 1.807) is 0 Å². The first-order valence-electron chi connectivity index (χ1n) is 14.3. The number of hydrogen-bond acceptors (Lipinski definition) is 13. The smallest absolute Gasteiger partial charge is 0.185 e. The number of hydrogen-bond donors (Lipinski definition) is 9. The van der Waals surface area contributed by atoms with Crippen LogP contribution in [-0.2, 0) is 0 Å². The Morgan fingerprint density at radius 2 is 0.872 bits per heavy atom. The van der Waals surface area contributed by atoms with Crippen LogP contribution in [0.5, 0.6) is 46.0 Å². The highest BCUT2D eigenvalue weighted by atomic mass is 16.4. The fourth-order valence-electron chi connectivity index (χ4n) is 5.12. The Morgan fingerprint density at radius 1 is 0.489 bits per heavy atom. The summed E-state index contributed by atoms with van der Waals surface area (Å²) in [5, 5.41) is 86.1. The summed E-state index contributed by atoms with van der Waals surface area (Å²) in [6.07, 6.45) is 0. The SMILES string of the molecule is Oc1ccc(-c2oc3cc(O)cc(O)c3c(=NCCNCCN=c3c(O)c(-c4ccc(O)cc4)oc4cc(O)cc(O)c34)c2O)cc1. The average Bonchev–Trinajstić information content (AvgIpc) is 3.03. The molecule has 6 rings (SSSR count). The number of phenols is 6. The Hall–Kier alpha value is -6.34. The minimum Gasteiger partial charge on any atom is -0.508 e. The molecule has 2 heterocycles. The van der Waals surface area contributed by atoms with Crippen LogP contribution in [0.2, 0.25) is 0 Å². The molecule has 0 aliphatic rings. The van der Waals surface area contributed by atoms with Gasteiger partial charge in [-0.2, -0.15) is 0 Å². The van der Waals surface area contributed by atoms with E-state index in [0.717, 1.165) is 12.1 Å². The quantitative estimate of drug-likeness (QED) is 0.107. The molecule has 47 heavy (non-hydrogen) atoms. The van der Waals surface area contributed by atoms with Gasteiger partial charge in [-0.05, 0) is 48.5 Å². The average molecular weight is 640 g/mol. The molecule has 0 amide bonds. The van der Waals surface area contributed by atoms with Gasteiger partial charge in [-0.25, -0.2) is 0 Å². The van der Waals surface area contributed by atoms with Crippen LogP contribution in [0.25, 0.3) is 44.6 Å². The van der Waals surface area contributed by atoms with Gasteiger partial charge in [0.05, 0.1) is 23.9 Å². The predicted octanol–water partition coefficient (Wildman–Crippen LogP) is 4.25. The molecule has 0 aliphatic carbocycles. The molecule has 13 nitrogen and oxygen atoms in total. The Balaban J connectivity index is 1.26. The number of fused-ring (bicyclic) bond motifs is 2. The topological polar surface area (TPSA) is 225 Å². The Bertz CT molecular complexity index is 2100. The number of benzene rings is 4. The summed E-state index contributed by atoms with van der Waals surface area (Å²) < 4.78 is 11.6. The molecule has 4 aromatic carbocycles. The Kier molecular flexibility index (Phi) is 8.21. The van der Waals surface area contributed by atoms with Crippen LogP contribution in [0.4, 0.5) is 0 Å². The molecule has 0 saturated carbocycles. The third kappa shape index (κ3) is 6.15. The highest BCUT2D eigenvalue weighted by molar-refractivity contribution is 5.89. The van der Waals surface area contributed by atoms with Crippen molar-refractivity contribution in [1.29, 1.82) is 0 Å². The lowest BCUT2D eigenvalue weighted by Gasteiger charge is -2.10. The number of nitrogens with zero attached hydrogens (tertiary/aromatic N) is 2. The summed E-state index contributed by atoms with van der Waals surface area (Å²) in [6, 6.07) is 16.6. The molecule has 13 heteroatoms. The minimum absolute atomic E-state index is 0.0200. The third-order valence-corrected chi connectivity index (χ3v) is 7.28. The monoisotopic (exact) mass is 639 g/mol. The van der Waals surface area contributed by atoms with Gasteiger partial charge in [0.15, 0.2) is 23.0 Å². The number of nitrogens with one attached hydrogen (secondary N) is 1. The predicted molar refractivity (Wildman–Crippen MR) is 170 cm³/mol. The Labute approximate surface area is 265 Å². The summed E-state index contributed by atoms with van der Waals surface area (Å²) in [5.74, 6) is -1.77. The van der Waals surface area contributed by atoms with Gasteiger partial charge < -0.3 is 55.0 Å². The molecule has 0 atom stereocenters. The van der Waals surface area contributed by atoms with Gasteiger partial charge in [0.1, 0.15) is 56.4 Å². The first kappa shape index (κ1) is 30.7. The van der Waals surface area contributed by atoms with Gasteiger partial charge in [0.25, 0.3) is 0 Å². The largest absolute Gasteiger partial charge is 0.508 e. The second kappa shape index (κ2) is 12.6. The van der Waals surface area contributed by atoms with Crippen LogP contribution in [0.15, 0.2) is 91.6 Å². The fraction of sp³-hybridized carbons (Fsp3) is 0.118. The highest BCUT2D eigenvalue weighted by Crippen LogP contribution is 2.37. The molecule has 0 aliphatic heterocycles. The van der Waals surface area contributed by atoms with Crippen molar-refractivity contribution >= 4 is 21.9 Å². The first-order valence-corrected chi connectivity index (χ1v) is 14.3. The maximum Gasteiger partial charge on any atom is 0.185 e. The van der Waals surface area contributed by atoms with E-state index in [9.17, 15) is 40.9 Å². The standard InChI is InChI=1S/C34H29N3O10/c38-19-5-1-17(2-6-19)33-31(44)29(27-23(42)13-21(40)15-25(27)46-33)36-11-9-35-10-12-37-30-28-24(43)14-22(41)16-26(28)47-34(32(30)45)18-3-7-20(39)8-4-18/h1-8,13-16,35,38-45H,9-12H2. The first-order chi connectivity index (χ1) is 22.6. The molecule has 2 aromatic heterocycles. The maximum absolute atomic E-state index is 11.1. The Morgan fingerprint density at radius 3 is 1.26 bits per heavy atom. The van der Waals surface area contributed by atoms with Crippen LogP contribution in [0.1, 0.15) is 0 Å². The van der Waals surface area contributed by atoms with Gasteiger partial charge in [-0.3, -0.25) is 9.98 Å². The third-order valence-electron chi connectivity index (χ3n) is 7.28. The lowest BCUT2D eigenvalue weighted by atomic mass is 10.1. The molecular formula is C34H29N3O10. The maximum atomic E-state index is 11.1. The van der Waals surface area contributed by atoms with E-state index in [1.807, 2.05) is 0 Å². The van der Waals surface area contributed by atoms with Crippen LogP contribution in [-0.4, -0.2) is 67.0 Å². The lowest BCUT2D eigenvalue weighted by Crippen LogP contribution is -2.23. The number of phenolic OH excluding ortho intramolecular Hbond substituents is 6. The van der Waals surface area contributed by atoms with E-state index in [1.165, 1.54) is 60.7 Å². The fourth-order valence-corrected chi connectivity index (χ4v) is 5.12. The zero-order valence-electron chi connectivity index (χ0n) is 24.5. The molecule has 0 spiro atoms. The number of rotatable bonds is 8. The zero-order chi connectivity index (χ0) is 33.2. The van der Waals surface area contributed by atoms with Crippen molar-refractivity contribution in [3.63, 3.8) is 0 Å². The summed E-state index contributed by atoms with van der Waals surface area (Å²) in [5.41, 5.74) is 1.03. The molecule has 0 radical (unpaired) electrons. The molecular weight excluding hydrogens is 610 g/mol. The van der Waals surface area contributed by atoms with Crippen LogP contribution in [0, 0.1) is 0 Å². The van der Waals surface area contributed by atoms with Crippen molar-refractivity contribution in [3.05, 3.63) is 83.5 Å². The molecule has 6 aromatic rings. The molecule has 9 N–H and O–H groups in total. The highest BCUT2D eigenvalue weighted by Gasteiger charge is 2.19. The van der Waals surface area contributed by atoms with E-state index < -0.39 is 0 Å². The van der Waals surface area contributed by atoms with E-state index in [4.69, 9.17) is 8.83 Å². The van der Waals surface area contributed by atoms with Crippen molar-refractivity contribution in [2.24, 2.45) is 9.98 Å². The van der Waals surface area contributed by atoms with Crippen molar-refractivity contribution in [1.82, 2.24) is 5.32 Å². The van der Waals surface area contributed by atoms with Crippen molar-refractivity contribution in [2.75, 3.05) is 26.2 Å². The van der Waals surface area contributed by atoms with E-state index in [2.05, 4.69) is 15.3 Å². The van der Waals surface area contributed by atoms with E-state index in [0.29, 0.717) is 24.2 Å². The summed E-state index contributed by atoms with van der Waals surface area (Å²) in [7, 11) is 0. The molecule has 0 fully saturated rings. The molecule has 0 unspecified atom stereocenters. The van der Waals surface area contributed by atoms with Crippen molar-refractivity contribution < 1.29 is 49.7 Å². The van der Waals surface area contributed by atoms with Gasteiger partial charge in [0.2, 0.25) is 0 Å². The lowest BCUT2D eigenvalue weighted by molar-refractivity contribution is 0.436. The van der Waals surface area contributed by atoms with Gasteiger partial charge in [-0.1, -0.05) is 0 Å². The van der Waals surface area contributed by atoms with Crippen LogP contribution >= 0.6 is 0 Å². The second-order valence-corrected chi connectivity index (χ2v) is 10.5. The minimum atomic E-state index is -0.341.